The number of carbonyl (C=O) groups is 2. The van der Waals surface area contributed by atoms with Gasteiger partial charge >= 0.3 is 0 Å². The maximum atomic E-state index is 12.6. The molecule has 1 aliphatic rings. The highest BCUT2D eigenvalue weighted by Crippen LogP contribution is 2.26. The molecule has 0 atom stereocenters. The number of rotatable bonds is 2. The number of aromatic amines is 1. The second kappa shape index (κ2) is 5.90. The lowest BCUT2D eigenvalue weighted by atomic mass is 10.1. The zero-order valence-corrected chi connectivity index (χ0v) is 15.3. The van der Waals surface area contributed by atoms with Crippen LogP contribution in [0.1, 0.15) is 26.3 Å². The Morgan fingerprint density at radius 3 is 2.48 bits per heavy atom. The summed E-state index contributed by atoms with van der Waals surface area (Å²) in [5, 5.41) is 2.16. The Kier molecular flexibility index (Phi) is 3.44. The Morgan fingerprint density at radius 1 is 0.966 bits per heavy atom. The molecule has 0 aliphatic carbocycles. The SMILES string of the molecule is Cc1ccc(-c2nc3ccc(-n4c(N)c5c(cc4=O)C(=O)NC5=O)cc3[nH]2)cc1. The van der Waals surface area contributed by atoms with Crippen LogP contribution >= 0.6 is 0 Å². The van der Waals surface area contributed by atoms with E-state index in [9.17, 15) is 14.4 Å². The number of nitrogens with zero attached hydrogens (tertiary/aromatic N) is 2. The van der Waals surface area contributed by atoms with Crippen molar-refractivity contribution in [3.8, 4) is 17.1 Å². The second-order valence-corrected chi connectivity index (χ2v) is 6.93. The lowest BCUT2D eigenvalue weighted by Gasteiger charge is -2.11. The van der Waals surface area contributed by atoms with Gasteiger partial charge in [0.05, 0.1) is 27.8 Å². The number of H-pyrrole nitrogens is 1. The van der Waals surface area contributed by atoms with Crippen molar-refractivity contribution in [1.29, 1.82) is 0 Å². The lowest BCUT2D eigenvalue weighted by molar-refractivity contribution is 0.0880. The minimum atomic E-state index is -0.618. The molecule has 8 nitrogen and oxygen atoms in total. The van der Waals surface area contributed by atoms with Gasteiger partial charge in [0.1, 0.15) is 11.6 Å². The normalized spacial score (nSPS) is 13.0. The molecule has 5 rings (SSSR count). The molecule has 4 N–H and O–H groups in total. The Labute approximate surface area is 164 Å². The molecule has 2 aromatic carbocycles. The van der Waals surface area contributed by atoms with Crippen LogP contribution in [0.5, 0.6) is 0 Å². The molecule has 2 amide bonds. The number of carbonyl (C=O) groups excluding carboxylic acids is 2. The summed E-state index contributed by atoms with van der Waals surface area (Å²) >= 11 is 0. The number of imidazole rings is 1. The molecule has 8 heteroatoms. The van der Waals surface area contributed by atoms with Crippen molar-refractivity contribution < 1.29 is 9.59 Å². The number of pyridine rings is 1. The van der Waals surface area contributed by atoms with Crippen molar-refractivity contribution >= 4 is 28.7 Å². The number of amides is 2. The van der Waals surface area contributed by atoms with Crippen LogP contribution in [0.15, 0.2) is 53.3 Å². The van der Waals surface area contributed by atoms with Gasteiger partial charge in [-0.3, -0.25) is 24.3 Å². The van der Waals surface area contributed by atoms with Gasteiger partial charge < -0.3 is 10.7 Å². The lowest BCUT2D eigenvalue weighted by Crippen LogP contribution is -2.24. The van der Waals surface area contributed by atoms with E-state index in [1.807, 2.05) is 31.2 Å². The number of nitrogens with one attached hydrogen (secondary N) is 2. The van der Waals surface area contributed by atoms with Crippen LogP contribution in [0, 0.1) is 6.92 Å². The van der Waals surface area contributed by atoms with Crippen molar-refractivity contribution in [1.82, 2.24) is 19.9 Å². The van der Waals surface area contributed by atoms with Crippen LogP contribution in [0.2, 0.25) is 0 Å². The summed E-state index contributed by atoms with van der Waals surface area (Å²) in [5.41, 5.74) is 9.62. The van der Waals surface area contributed by atoms with Crippen molar-refractivity contribution in [2.75, 3.05) is 5.73 Å². The van der Waals surface area contributed by atoms with E-state index in [1.54, 1.807) is 18.2 Å². The average molecular weight is 385 g/mol. The van der Waals surface area contributed by atoms with Crippen LogP contribution < -0.4 is 16.6 Å². The Morgan fingerprint density at radius 2 is 1.72 bits per heavy atom. The fourth-order valence-corrected chi connectivity index (χ4v) is 3.53. The number of hydrogen-bond acceptors (Lipinski definition) is 5. The predicted molar refractivity (Wildman–Crippen MR) is 108 cm³/mol. The van der Waals surface area contributed by atoms with Crippen LogP contribution in [-0.2, 0) is 0 Å². The highest BCUT2D eigenvalue weighted by molar-refractivity contribution is 6.23. The number of nitrogen functional groups attached to an aromatic ring is 1. The van der Waals surface area contributed by atoms with E-state index >= 15 is 0 Å². The topological polar surface area (TPSA) is 123 Å². The first-order valence-electron chi connectivity index (χ1n) is 8.91. The predicted octanol–water partition coefficient (Wildman–Crippen LogP) is 2.16. The molecule has 0 bridgehead atoms. The highest BCUT2D eigenvalue weighted by atomic mass is 16.2. The zero-order valence-electron chi connectivity index (χ0n) is 15.3. The third-order valence-corrected chi connectivity index (χ3v) is 5.00. The van der Waals surface area contributed by atoms with Gasteiger partial charge in [-0.25, -0.2) is 4.98 Å². The van der Waals surface area contributed by atoms with Crippen molar-refractivity contribution in [2.45, 2.75) is 6.92 Å². The maximum absolute atomic E-state index is 12.6. The van der Waals surface area contributed by atoms with Gasteiger partial charge in [-0.2, -0.15) is 0 Å². The quantitative estimate of drug-likeness (QED) is 0.456. The number of hydrogen-bond donors (Lipinski definition) is 3. The monoisotopic (exact) mass is 385 g/mol. The summed E-state index contributed by atoms with van der Waals surface area (Å²) < 4.78 is 1.21. The molecule has 0 unspecified atom stereocenters. The molecule has 0 spiro atoms. The van der Waals surface area contributed by atoms with Crippen molar-refractivity contribution in [2.24, 2.45) is 0 Å². The number of aromatic nitrogens is 3. The molecule has 142 valence electrons. The molecular weight excluding hydrogens is 370 g/mol. The van der Waals surface area contributed by atoms with Crippen molar-refractivity contribution in [3.05, 3.63) is 75.6 Å². The maximum Gasteiger partial charge on any atom is 0.262 e. The fraction of sp³-hybridized carbons (Fsp3) is 0.0476. The van der Waals surface area contributed by atoms with Gasteiger partial charge in [-0.05, 0) is 25.1 Å². The molecule has 0 saturated carbocycles. The summed E-state index contributed by atoms with van der Waals surface area (Å²) in [5.74, 6) is -0.599. The van der Waals surface area contributed by atoms with Crippen LogP contribution in [0.4, 0.5) is 5.82 Å². The Hall–Kier alpha value is -4.20. The molecular formula is C21H15N5O3. The van der Waals surface area contributed by atoms with Crippen LogP contribution in [0.3, 0.4) is 0 Å². The van der Waals surface area contributed by atoms with Gasteiger partial charge in [-0.1, -0.05) is 29.8 Å². The number of nitrogens with two attached hydrogens (primary N) is 1. The number of benzene rings is 2. The minimum Gasteiger partial charge on any atom is -0.384 e. The Balaban J connectivity index is 1.66. The van der Waals surface area contributed by atoms with Gasteiger partial charge in [0.15, 0.2) is 0 Å². The zero-order chi connectivity index (χ0) is 20.3. The van der Waals surface area contributed by atoms with E-state index in [4.69, 9.17) is 5.73 Å². The molecule has 0 fully saturated rings. The van der Waals surface area contributed by atoms with E-state index in [1.165, 1.54) is 4.57 Å². The van der Waals surface area contributed by atoms with Gasteiger partial charge in [0.2, 0.25) is 0 Å². The fourth-order valence-electron chi connectivity index (χ4n) is 3.53. The molecule has 4 aromatic rings. The van der Waals surface area contributed by atoms with E-state index in [0.717, 1.165) is 22.7 Å². The first-order valence-corrected chi connectivity index (χ1v) is 8.91. The standard InChI is InChI=1S/C21H15N5O3/c1-10-2-4-11(5-3-10)19-23-14-7-6-12(8-15(14)24-19)26-16(27)9-13-17(18(26)22)21(29)25-20(13)28/h2-9H,22H2,1H3,(H,23,24)(H,25,28,29). The molecule has 2 aromatic heterocycles. The van der Waals surface area contributed by atoms with E-state index in [-0.39, 0.29) is 16.9 Å². The summed E-state index contributed by atoms with van der Waals surface area (Å²) in [6.45, 7) is 2.02. The minimum absolute atomic E-state index is 0.00183. The number of fused-ring (bicyclic) bond motifs is 2. The first-order chi connectivity index (χ1) is 13.9. The summed E-state index contributed by atoms with van der Waals surface area (Å²) in [6.07, 6.45) is 0. The van der Waals surface area contributed by atoms with E-state index < -0.39 is 17.4 Å². The number of imide groups is 1. The second-order valence-electron chi connectivity index (χ2n) is 6.93. The summed E-state index contributed by atoms with van der Waals surface area (Å²) in [6, 6.07) is 14.3. The van der Waals surface area contributed by atoms with Gasteiger partial charge in [-0.15, -0.1) is 0 Å². The largest absolute Gasteiger partial charge is 0.384 e. The summed E-state index contributed by atoms with van der Waals surface area (Å²) in [7, 11) is 0. The van der Waals surface area contributed by atoms with E-state index in [2.05, 4.69) is 15.3 Å². The average Bonchev–Trinajstić information content (AvgIpc) is 3.23. The van der Waals surface area contributed by atoms with Crippen molar-refractivity contribution in [3.63, 3.8) is 0 Å². The van der Waals surface area contributed by atoms with E-state index in [0.29, 0.717) is 17.0 Å². The van der Waals surface area contributed by atoms with Crippen LogP contribution in [-0.4, -0.2) is 26.3 Å². The Bertz CT molecular complexity index is 1400. The third kappa shape index (κ3) is 2.53. The molecule has 0 radical (unpaired) electrons. The first kappa shape index (κ1) is 16.9. The molecule has 0 saturated heterocycles. The third-order valence-electron chi connectivity index (χ3n) is 5.00. The van der Waals surface area contributed by atoms with Crippen LogP contribution in [0.25, 0.3) is 28.1 Å². The highest BCUT2D eigenvalue weighted by Gasteiger charge is 2.31. The smallest absolute Gasteiger partial charge is 0.262 e. The number of aryl methyl sites for hydroxylation is 1. The molecule has 29 heavy (non-hydrogen) atoms. The number of anilines is 1. The molecule has 1 aliphatic heterocycles. The van der Waals surface area contributed by atoms with Gasteiger partial charge in [0, 0.05) is 11.6 Å². The molecule has 3 heterocycles. The summed E-state index contributed by atoms with van der Waals surface area (Å²) in [4.78, 5) is 44.3. The van der Waals surface area contributed by atoms with Gasteiger partial charge in [0.25, 0.3) is 17.4 Å².